The number of nitrogens with one attached hydrogen (secondary N) is 3. The minimum absolute atomic E-state index is 0.000367. The fourth-order valence-corrected chi connectivity index (χ4v) is 3.95. The van der Waals surface area contributed by atoms with E-state index in [-0.39, 0.29) is 36.6 Å². The summed E-state index contributed by atoms with van der Waals surface area (Å²) in [6.45, 7) is 2.17. The molecule has 0 saturated carbocycles. The van der Waals surface area contributed by atoms with Crippen LogP contribution in [0.25, 0.3) is 0 Å². The van der Waals surface area contributed by atoms with Crippen LogP contribution in [0.2, 0.25) is 0 Å². The molecule has 0 unspecified atom stereocenters. The van der Waals surface area contributed by atoms with Gasteiger partial charge in [0.2, 0.25) is 0 Å². The molecule has 1 aliphatic rings. The van der Waals surface area contributed by atoms with E-state index >= 15 is 0 Å². The molecule has 1 aliphatic heterocycles. The normalized spacial score (nSPS) is 14.8. The van der Waals surface area contributed by atoms with E-state index in [1.165, 1.54) is 29.2 Å². The van der Waals surface area contributed by atoms with Crippen LogP contribution >= 0.6 is 0 Å². The Morgan fingerprint density at radius 1 is 1.17 bits per heavy atom. The molecule has 5 amide bonds. The fraction of sp³-hybridized carbons (Fsp3) is 0.346. The summed E-state index contributed by atoms with van der Waals surface area (Å²) in [5, 5.41) is 15.6. The Kier molecular flexibility index (Phi) is 10.2. The van der Waals surface area contributed by atoms with Crippen LogP contribution in [-0.2, 0) is 9.53 Å². The van der Waals surface area contributed by atoms with Gasteiger partial charge < -0.3 is 25.6 Å². The third-order valence-electron chi connectivity index (χ3n) is 5.89. The van der Waals surface area contributed by atoms with E-state index in [0.717, 1.165) is 4.90 Å². The van der Waals surface area contributed by atoms with Crippen LogP contribution in [0, 0.1) is 23.0 Å². The molecule has 0 aliphatic carbocycles. The third-order valence-corrected chi connectivity index (χ3v) is 5.89. The highest BCUT2D eigenvalue weighted by molar-refractivity contribution is 6.00. The molecule has 2 aromatic carbocycles. The van der Waals surface area contributed by atoms with E-state index in [1.807, 2.05) is 0 Å². The Labute approximate surface area is 232 Å². The molecule has 11 nitrogen and oxygen atoms in total. The number of aldehydes is 1. The molecule has 0 aromatic heterocycles. The Hall–Kier alpha value is -4.71. The number of rotatable bonds is 8. The predicted molar refractivity (Wildman–Crippen MR) is 139 cm³/mol. The monoisotopic (exact) mass is 578 g/mol. The van der Waals surface area contributed by atoms with Crippen molar-refractivity contribution < 1.29 is 41.5 Å². The molecule has 0 bridgehead atoms. The second-order valence-electron chi connectivity index (χ2n) is 9.08. The average Bonchev–Trinajstić information content (AvgIpc) is 2.94. The lowest BCUT2D eigenvalue weighted by Gasteiger charge is -2.32. The number of nitrogens with zero attached hydrogens (tertiary/aromatic N) is 3. The first-order valence-corrected chi connectivity index (χ1v) is 12.3. The molecule has 41 heavy (non-hydrogen) atoms. The number of carbonyl (C=O) groups is 4. The quantitative estimate of drug-likeness (QED) is 0.322. The maximum absolute atomic E-state index is 14.2. The molecular formula is C26H26F4N6O5. The molecule has 3 rings (SSSR count). The largest absolute Gasteiger partial charge is 0.365 e. The number of hydrogen-bond donors (Lipinski definition) is 3. The van der Waals surface area contributed by atoms with E-state index < -0.39 is 66.0 Å². The standard InChI is InChI=1S/C26H26F4N6O5/c1-14(2)36(25(39)32-11-23(29)30)21-4-3-17(7-16(21)13-37)33-26(40)35-5-6-41-22(12-35)24(38)34-20-9-18(27)15(10-31)8-19(20)28/h3-4,7-9,13-14,22-23H,5-6,11-12H2,1-2H3,(H,32,39)(H,33,40)(H,34,38)/t22-/m1/s1. The highest BCUT2D eigenvalue weighted by Gasteiger charge is 2.30. The number of benzene rings is 2. The summed E-state index contributed by atoms with van der Waals surface area (Å²) in [5.41, 5.74) is -0.736. The molecule has 1 saturated heterocycles. The second kappa shape index (κ2) is 13.6. The van der Waals surface area contributed by atoms with Crippen molar-refractivity contribution in [2.24, 2.45) is 0 Å². The van der Waals surface area contributed by atoms with E-state index in [2.05, 4.69) is 16.0 Å². The first kappa shape index (κ1) is 30.8. The average molecular weight is 579 g/mol. The number of carbonyl (C=O) groups excluding carboxylic acids is 4. The van der Waals surface area contributed by atoms with E-state index in [0.29, 0.717) is 18.4 Å². The number of halogens is 4. The number of amides is 5. The van der Waals surface area contributed by atoms with E-state index in [1.54, 1.807) is 13.8 Å². The number of alkyl halides is 2. The van der Waals surface area contributed by atoms with Crippen LogP contribution in [0.3, 0.4) is 0 Å². The van der Waals surface area contributed by atoms with Crippen molar-refractivity contribution in [3.05, 3.63) is 53.1 Å². The number of morpholine rings is 1. The van der Waals surface area contributed by atoms with Gasteiger partial charge in [-0.15, -0.1) is 0 Å². The zero-order valence-corrected chi connectivity index (χ0v) is 21.9. The first-order chi connectivity index (χ1) is 19.4. The Balaban J connectivity index is 1.69. The van der Waals surface area contributed by atoms with Gasteiger partial charge in [-0.3, -0.25) is 14.5 Å². The topological polar surface area (TPSA) is 144 Å². The number of anilines is 3. The Bertz CT molecular complexity index is 1370. The van der Waals surface area contributed by atoms with Crippen molar-refractivity contribution in [1.82, 2.24) is 10.2 Å². The van der Waals surface area contributed by atoms with Gasteiger partial charge in [-0.1, -0.05) is 0 Å². The van der Waals surface area contributed by atoms with Crippen LogP contribution in [-0.4, -0.2) is 74.0 Å². The van der Waals surface area contributed by atoms with Gasteiger partial charge in [0.15, 0.2) is 12.4 Å². The summed E-state index contributed by atoms with van der Waals surface area (Å²) >= 11 is 0. The summed E-state index contributed by atoms with van der Waals surface area (Å²) in [6, 6.07) is 4.87. The molecule has 0 radical (unpaired) electrons. The number of hydrogen-bond acceptors (Lipinski definition) is 6. The number of urea groups is 2. The lowest BCUT2D eigenvalue weighted by molar-refractivity contribution is -0.131. The molecule has 0 spiro atoms. The summed E-state index contributed by atoms with van der Waals surface area (Å²) in [7, 11) is 0. The second-order valence-corrected chi connectivity index (χ2v) is 9.08. The molecule has 1 heterocycles. The van der Waals surface area contributed by atoms with Gasteiger partial charge >= 0.3 is 12.1 Å². The first-order valence-electron chi connectivity index (χ1n) is 12.3. The minimum Gasteiger partial charge on any atom is -0.365 e. The maximum atomic E-state index is 14.2. The molecule has 2 aromatic rings. The SMILES string of the molecule is CC(C)N(C(=O)NCC(F)F)c1ccc(NC(=O)N2CCO[C@@H](C(=O)Nc3cc(F)c(C#N)cc3F)C2)cc1C=O. The minimum atomic E-state index is -2.76. The van der Waals surface area contributed by atoms with Gasteiger partial charge in [0.25, 0.3) is 12.3 Å². The van der Waals surface area contributed by atoms with E-state index in [9.17, 15) is 36.7 Å². The summed E-state index contributed by atoms with van der Waals surface area (Å²) in [4.78, 5) is 52.2. The van der Waals surface area contributed by atoms with Crippen molar-refractivity contribution in [2.75, 3.05) is 41.8 Å². The van der Waals surface area contributed by atoms with Crippen molar-refractivity contribution in [3.63, 3.8) is 0 Å². The van der Waals surface area contributed by atoms with Gasteiger partial charge in [-0.2, -0.15) is 5.26 Å². The van der Waals surface area contributed by atoms with Crippen molar-refractivity contribution >= 4 is 41.3 Å². The highest BCUT2D eigenvalue weighted by Crippen LogP contribution is 2.26. The van der Waals surface area contributed by atoms with Crippen molar-refractivity contribution in [3.8, 4) is 6.07 Å². The van der Waals surface area contributed by atoms with Crippen molar-refractivity contribution in [1.29, 1.82) is 5.26 Å². The Morgan fingerprint density at radius 3 is 2.54 bits per heavy atom. The van der Waals surface area contributed by atoms with Gasteiger partial charge in [0, 0.05) is 29.9 Å². The highest BCUT2D eigenvalue weighted by atomic mass is 19.3. The molecule has 1 fully saturated rings. The predicted octanol–water partition coefficient (Wildman–Crippen LogP) is 3.71. The van der Waals surface area contributed by atoms with E-state index in [4.69, 9.17) is 10.00 Å². The van der Waals surface area contributed by atoms with Crippen LogP contribution in [0.15, 0.2) is 30.3 Å². The summed E-state index contributed by atoms with van der Waals surface area (Å²) in [5.74, 6) is -2.91. The summed E-state index contributed by atoms with van der Waals surface area (Å²) < 4.78 is 58.5. The lowest BCUT2D eigenvalue weighted by atomic mass is 10.1. The van der Waals surface area contributed by atoms with Gasteiger partial charge in [0.1, 0.15) is 17.7 Å². The van der Waals surface area contributed by atoms with Crippen molar-refractivity contribution in [2.45, 2.75) is 32.4 Å². The number of ether oxygens (including phenoxy) is 1. The third kappa shape index (κ3) is 7.70. The fourth-order valence-electron chi connectivity index (χ4n) is 3.95. The summed E-state index contributed by atoms with van der Waals surface area (Å²) in [6.07, 6.45) is -3.55. The Morgan fingerprint density at radius 2 is 1.90 bits per heavy atom. The molecule has 15 heteroatoms. The van der Waals surface area contributed by atoms with Crippen LogP contribution in [0.5, 0.6) is 0 Å². The van der Waals surface area contributed by atoms with Crippen LogP contribution in [0.4, 0.5) is 44.2 Å². The molecule has 3 N–H and O–H groups in total. The van der Waals surface area contributed by atoms with Gasteiger partial charge in [0.05, 0.1) is 36.6 Å². The zero-order valence-electron chi connectivity index (χ0n) is 21.9. The maximum Gasteiger partial charge on any atom is 0.322 e. The zero-order chi connectivity index (χ0) is 30.3. The van der Waals surface area contributed by atoms with Gasteiger partial charge in [-0.05, 0) is 38.1 Å². The lowest BCUT2D eigenvalue weighted by Crippen LogP contribution is -2.51. The van der Waals surface area contributed by atoms with Crippen LogP contribution in [0.1, 0.15) is 29.8 Å². The molecule has 1 atom stereocenters. The molecular weight excluding hydrogens is 552 g/mol. The van der Waals surface area contributed by atoms with Crippen LogP contribution < -0.4 is 20.9 Å². The smallest absolute Gasteiger partial charge is 0.322 e. The van der Waals surface area contributed by atoms with Gasteiger partial charge in [-0.25, -0.2) is 27.2 Å². The molecule has 218 valence electrons. The number of nitriles is 1.